The number of piperidine rings is 1. The van der Waals surface area contributed by atoms with Gasteiger partial charge in [-0.1, -0.05) is 27.2 Å². The molecule has 0 radical (unpaired) electrons. The Bertz CT molecular complexity index is 351. The molecule has 0 aromatic heterocycles. The highest BCUT2D eigenvalue weighted by Crippen LogP contribution is 2.37. The summed E-state index contributed by atoms with van der Waals surface area (Å²) in [6.45, 7) is 11.9. The van der Waals surface area contributed by atoms with Crippen molar-refractivity contribution in [1.82, 2.24) is 9.80 Å². The zero-order chi connectivity index (χ0) is 15.5. The first-order valence-corrected chi connectivity index (χ1v) is 8.66. The van der Waals surface area contributed by atoms with Gasteiger partial charge in [0.1, 0.15) is 0 Å². The van der Waals surface area contributed by atoms with E-state index in [0.29, 0.717) is 6.04 Å². The SMILES string of the molecule is CCCC1(C(=O)O)CCN(C2CCN(CC(C)C)CC2)C1. The number of hydrogen-bond donors (Lipinski definition) is 1. The lowest BCUT2D eigenvalue weighted by atomic mass is 9.82. The van der Waals surface area contributed by atoms with E-state index in [4.69, 9.17) is 0 Å². The third-order valence-corrected chi connectivity index (χ3v) is 5.26. The molecular weight excluding hydrogens is 264 g/mol. The molecule has 122 valence electrons. The molecule has 1 atom stereocenters. The minimum absolute atomic E-state index is 0.468. The fourth-order valence-corrected chi connectivity index (χ4v) is 4.16. The van der Waals surface area contributed by atoms with Crippen LogP contribution in [0.1, 0.15) is 52.9 Å². The lowest BCUT2D eigenvalue weighted by Gasteiger charge is -2.38. The second-order valence-corrected chi connectivity index (χ2v) is 7.48. The van der Waals surface area contributed by atoms with E-state index >= 15 is 0 Å². The molecule has 0 amide bonds. The van der Waals surface area contributed by atoms with E-state index in [-0.39, 0.29) is 0 Å². The summed E-state index contributed by atoms with van der Waals surface area (Å²) in [6.07, 6.45) is 5.03. The van der Waals surface area contributed by atoms with Gasteiger partial charge in [0.15, 0.2) is 0 Å². The Morgan fingerprint density at radius 3 is 2.48 bits per heavy atom. The Labute approximate surface area is 129 Å². The number of carboxylic acids is 1. The van der Waals surface area contributed by atoms with Gasteiger partial charge in [-0.2, -0.15) is 0 Å². The van der Waals surface area contributed by atoms with Crippen molar-refractivity contribution in [2.45, 2.75) is 58.9 Å². The second kappa shape index (κ2) is 7.10. The fraction of sp³-hybridized carbons (Fsp3) is 0.941. The molecular formula is C17H32N2O2. The van der Waals surface area contributed by atoms with E-state index in [1.165, 1.54) is 32.5 Å². The molecule has 0 aromatic carbocycles. The summed E-state index contributed by atoms with van der Waals surface area (Å²) >= 11 is 0. The van der Waals surface area contributed by atoms with E-state index in [1.807, 2.05) is 0 Å². The quantitative estimate of drug-likeness (QED) is 0.818. The molecule has 0 aromatic rings. The number of nitrogens with zero attached hydrogens (tertiary/aromatic N) is 2. The van der Waals surface area contributed by atoms with Crippen molar-refractivity contribution in [1.29, 1.82) is 0 Å². The molecule has 4 nitrogen and oxygen atoms in total. The summed E-state index contributed by atoms with van der Waals surface area (Å²) in [5.41, 5.74) is -0.468. The standard InChI is InChI=1S/C17H32N2O2/c1-4-7-17(16(20)21)8-11-19(13-17)15-5-9-18(10-6-15)12-14(2)3/h14-15H,4-13H2,1-3H3,(H,20,21). The van der Waals surface area contributed by atoms with Crippen LogP contribution in [0, 0.1) is 11.3 Å². The Kier molecular flexibility index (Phi) is 5.67. The summed E-state index contributed by atoms with van der Waals surface area (Å²) in [6, 6.07) is 0.603. The second-order valence-electron chi connectivity index (χ2n) is 7.48. The molecule has 0 bridgehead atoms. The molecule has 2 heterocycles. The van der Waals surface area contributed by atoms with Crippen molar-refractivity contribution in [2.75, 3.05) is 32.7 Å². The molecule has 0 aliphatic carbocycles. The van der Waals surface area contributed by atoms with Gasteiger partial charge in [-0.25, -0.2) is 0 Å². The highest BCUT2D eigenvalue weighted by Gasteiger charge is 2.45. The first-order chi connectivity index (χ1) is 9.97. The van der Waals surface area contributed by atoms with Crippen LogP contribution in [-0.2, 0) is 4.79 Å². The minimum atomic E-state index is -0.580. The van der Waals surface area contributed by atoms with Crippen LogP contribution in [0.3, 0.4) is 0 Å². The summed E-state index contributed by atoms with van der Waals surface area (Å²) in [4.78, 5) is 16.7. The van der Waals surface area contributed by atoms with Crippen LogP contribution in [0.15, 0.2) is 0 Å². The molecule has 2 aliphatic heterocycles. The van der Waals surface area contributed by atoms with E-state index in [2.05, 4.69) is 30.6 Å². The number of carboxylic acid groups (broad SMARTS) is 1. The molecule has 4 heteroatoms. The van der Waals surface area contributed by atoms with Gasteiger partial charge in [-0.3, -0.25) is 9.69 Å². The van der Waals surface area contributed by atoms with Crippen molar-refractivity contribution >= 4 is 5.97 Å². The summed E-state index contributed by atoms with van der Waals surface area (Å²) < 4.78 is 0. The molecule has 2 fully saturated rings. The van der Waals surface area contributed by atoms with Crippen LogP contribution in [0.25, 0.3) is 0 Å². The Hall–Kier alpha value is -0.610. The topological polar surface area (TPSA) is 43.8 Å². The Morgan fingerprint density at radius 2 is 1.95 bits per heavy atom. The third kappa shape index (κ3) is 3.98. The van der Waals surface area contributed by atoms with Crippen molar-refractivity contribution in [2.24, 2.45) is 11.3 Å². The van der Waals surface area contributed by atoms with Gasteiger partial charge < -0.3 is 10.0 Å². The summed E-state index contributed by atoms with van der Waals surface area (Å²) in [5.74, 6) is 0.154. The zero-order valence-electron chi connectivity index (χ0n) is 14.0. The predicted molar refractivity (Wildman–Crippen MR) is 85.5 cm³/mol. The molecule has 1 N–H and O–H groups in total. The van der Waals surface area contributed by atoms with Gasteiger partial charge in [0.25, 0.3) is 0 Å². The van der Waals surface area contributed by atoms with Crippen LogP contribution >= 0.6 is 0 Å². The normalized spacial score (nSPS) is 29.3. The number of likely N-dealkylation sites (tertiary alicyclic amines) is 2. The lowest BCUT2D eigenvalue weighted by Crippen LogP contribution is -2.46. The van der Waals surface area contributed by atoms with Crippen LogP contribution < -0.4 is 0 Å². The van der Waals surface area contributed by atoms with Crippen LogP contribution in [-0.4, -0.2) is 59.6 Å². The van der Waals surface area contributed by atoms with Crippen molar-refractivity contribution in [3.05, 3.63) is 0 Å². The van der Waals surface area contributed by atoms with Crippen LogP contribution in [0.5, 0.6) is 0 Å². The monoisotopic (exact) mass is 296 g/mol. The van der Waals surface area contributed by atoms with E-state index in [9.17, 15) is 9.90 Å². The van der Waals surface area contributed by atoms with Crippen LogP contribution in [0.4, 0.5) is 0 Å². The van der Waals surface area contributed by atoms with Crippen molar-refractivity contribution < 1.29 is 9.90 Å². The third-order valence-electron chi connectivity index (χ3n) is 5.26. The molecule has 2 aliphatic rings. The average molecular weight is 296 g/mol. The molecule has 21 heavy (non-hydrogen) atoms. The van der Waals surface area contributed by atoms with Gasteiger partial charge in [-0.05, 0) is 51.2 Å². The van der Waals surface area contributed by atoms with Crippen molar-refractivity contribution in [3.63, 3.8) is 0 Å². The summed E-state index contributed by atoms with van der Waals surface area (Å²) in [7, 11) is 0. The first-order valence-electron chi connectivity index (χ1n) is 8.66. The van der Waals surface area contributed by atoms with Crippen molar-refractivity contribution in [3.8, 4) is 0 Å². The first kappa shape index (κ1) is 16.8. The zero-order valence-corrected chi connectivity index (χ0v) is 14.0. The smallest absolute Gasteiger partial charge is 0.310 e. The van der Waals surface area contributed by atoms with Gasteiger partial charge in [0.2, 0.25) is 0 Å². The molecule has 2 rings (SSSR count). The van der Waals surface area contributed by atoms with Crippen LogP contribution in [0.2, 0.25) is 0 Å². The Balaban J connectivity index is 1.86. The van der Waals surface area contributed by atoms with E-state index in [1.54, 1.807) is 0 Å². The number of hydrogen-bond acceptors (Lipinski definition) is 3. The highest BCUT2D eigenvalue weighted by atomic mass is 16.4. The minimum Gasteiger partial charge on any atom is -0.481 e. The maximum absolute atomic E-state index is 11.7. The highest BCUT2D eigenvalue weighted by molar-refractivity contribution is 5.75. The fourth-order valence-electron chi connectivity index (χ4n) is 4.16. The van der Waals surface area contributed by atoms with Gasteiger partial charge in [0, 0.05) is 19.1 Å². The maximum Gasteiger partial charge on any atom is 0.310 e. The molecule has 2 saturated heterocycles. The van der Waals surface area contributed by atoms with Gasteiger partial charge >= 0.3 is 5.97 Å². The van der Waals surface area contributed by atoms with Gasteiger partial charge in [-0.15, -0.1) is 0 Å². The molecule has 0 saturated carbocycles. The molecule has 1 unspecified atom stereocenters. The van der Waals surface area contributed by atoms with E-state index in [0.717, 1.165) is 38.3 Å². The number of aliphatic carboxylic acids is 1. The summed E-state index contributed by atoms with van der Waals surface area (Å²) in [5, 5.41) is 9.62. The molecule has 0 spiro atoms. The van der Waals surface area contributed by atoms with Gasteiger partial charge in [0.05, 0.1) is 5.41 Å². The lowest BCUT2D eigenvalue weighted by molar-refractivity contribution is -0.148. The largest absolute Gasteiger partial charge is 0.481 e. The Morgan fingerprint density at radius 1 is 1.29 bits per heavy atom. The number of carbonyl (C=O) groups is 1. The number of rotatable bonds is 6. The average Bonchev–Trinajstić information content (AvgIpc) is 2.85. The maximum atomic E-state index is 11.7. The van der Waals surface area contributed by atoms with E-state index < -0.39 is 11.4 Å². The predicted octanol–water partition coefficient (Wildman–Crippen LogP) is 2.68.